The fourth-order valence-corrected chi connectivity index (χ4v) is 2.60. The minimum atomic E-state index is -0.262. The Morgan fingerprint density at radius 2 is 2.15 bits per heavy atom. The van der Waals surface area contributed by atoms with Gasteiger partial charge in [-0.25, -0.2) is 4.39 Å². The van der Waals surface area contributed by atoms with Crippen molar-refractivity contribution in [1.82, 2.24) is 4.90 Å². The number of amides is 1. The summed E-state index contributed by atoms with van der Waals surface area (Å²) in [4.78, 5) is 14.1. The molecule has 1 N–H and O–H groups in total. The van der Waals surface area contributed by atoms with E-state index in [1.807, 2.05) is 17.9 Å². The van der Waals surface area contributed by atoms with Gasteiger partial charge in [0.1, 0.15) is 5.82 Å². The van der Waals surface area contributed by atoms with Gasteiger partial charge in [-0.15, -0.1) is 0 Å². The number of hydrogen-bond donors (Lipinski definition) is 1. The predicted octanol–water partition coefficient (Wildman–Crippen LogP) is 2.38. The third-order valence-corrected chi connectivity index (χ3v) is 3.95. The highest BCUT2D eigenvalue weighted by Gasteiger charge is 2.24. The normalized spacial score (nSPS) is 18.1. The SMILES string of the molecule is CC(CCc1cccc(F)c1)C(=O)N1CCC(O)CC1. The number of benzene rings is 1. The van der Waals surface area contributed by atoms with Gasteiger partial charge in [0.25, 0.3) is 0 Å². The molecule has 0 aromatic heterocycles. The molecule has 1 aliphatic rings. The number of carbonyl (C=O) groups excluding carboxylic acids is 1. The molecule has 20 heavy (non-hydrogen) atoms. The van der Waals surface area contributed by atoms with Crippen molar-refractivity contribution < 1.29 is 14.3 Å². The highest BCUT2D eigenvalue weighted by molar-refractivity contribution is 5.78. The Morgan fingerprint density at radius 1 is 1.45 bits per heavy atom. The molecule has 1 atom stereocenters. The fraction of sp³-hybridized carbons (Fsp3) is 0.562. The molecule has 0 bridgehead atoms. The number of carbonyl (C=O) groups is 1. The van der Waals surface area contributed by atoms with Crippen LogP contribution in [0.1, 0.15) is 31.7 Å². The zero-order valence-electron chi connectivity index (χ0n) is 11.9. The van der Waals surface area contributed by atoms with E-state index in [0.717, 1.165) is 12.0 Å². The van der Waals surface area contributed by atoms with Crippen molar-refractivity contribution in [2.45, 2.75) is 38.7 Å². The monoisotopic (exact) mass is 279 g/mol. The Labute approximate surface area is 119 Å². The Hall–Kier alpha value is -1.42. The van der Waals surface area contributed by atoms with Crippen molar-refractivity contribution in [2.75, 3.05) is 13.1 Å². The van der Waals surface area contributed by atoms with Crippen molar-refractivity contribution in [3.8, 4) is 0 Å². The molecule has 2 rings (SSSR count). The molecular formula is C16H22FNO2. The molecule has 110 valence electrons. The summed E-state index contributed by atoms with van der Waals surface area (Å²) in [5.74, 6) is -0.145. The van der Waals surface area contributed by atoms with Crippen LogP contribution >= 0.6 is 0 Å². The first-order valence-corrected chi connectivity index (χ1v) is 7.27. The van der Waals surface area contributed by atoms with Crippen LogP contribution in [0.5, 0.6) is 0 Å². The van der Waals surface area contributed by atoms with Gasteiger partial charge in [0, 0.05) is 19.0 Å². The van der Waals surface area contributed by atoms with Crippen LogP contribution in [0.3, 0.4) is 0 Å². The van der Waals surface area contributed by atoms with Crippen molar-refractivity contribution in [1.29, 1.82) is 0 Å². The van der Waals surface area contributed by atoms with Gasteiger partial charge in [0.05, 0.1) is 6.10 Å². The third-order valence-electron chi connectivity index (χ3n) is 3.95. The predicted molar refractivity (Wildman–Crippen MR) is 75.7 cm³/mol. The lowest BCUT2D eigenvalue weighted by atomic mass is 9.98. The molecule has 1 heterocycles. The number of rotatable bonds is 4. The Balaban J connectivity index is 1.82. The van der Waals surface area contributed by atoms with Crippen molar-refractivity contribution in [3.63, 3.8) is 0 Å². The quantitative estimate of drug-likeness (QED) is 0.919. The second kappa shape index (κ2) is 6.84. The zero-order valence-corrected chi connectivity index (χ0v) is 11.9. The van der Waals surface area contributed by atoms with E-state index in [4.69, 9.17) is 0 Å². The lowest BCUT2D eigenvalue weighted by Gasteiger charge is -2.31. The minimum absolute atomic E-state index is 0.0616. The van der Waals surface area contributed by atoms with Gasteiger partial charge < -0.3 is 10.0 Å². The first-order valence-electron chi connectivity index (χ1n) is 7.27. The lowest BCUT2D eigenvalue weighted by Crippen LogP contribution is -2.42. The fourth-order valence-electron chi connectivity index (χ4n) is 2.60. The molecule has 1 fully saturated rings. The Kier molecular flexibility index (Phi) is 5.12. The smallest absolute Gasteiger partial charge is 0.225 e. The summed E-state index contributed by atoms with van der Waals surface area (Å²) in [6.45, 7) is 3.21. The number of likely N-dealkylation sites (tertiary alicyclic amines) is 1. The molecule has 1 unspecified atom stereocenters. The van der Waals surface area contributed by atoms with E-state index >= 15 is 0 Å². The van der Waals surface area contributed by atoms with Gasteiger partial charge in [0.15, 0.2) is 0 Å². The molecule has 0 saturated carbocycles. The van der Waals surface area contributed by atoms with Gasteiger partial charge in [-0.1, -0.05) is 19.1 Å². The van der Waals surface area contributed by atoms with Crippen LogP contribution in [0.25, 0.3) is 0 Å². The number of aliphatic hydroxyl groups is 1. The molecule has 1 aliphatic heterocycles. The second-order valence-electron chi connectivity index (χ2n) is 5.63. The van der Waals surface area contributed by atoms with E-state index in [2.05, 4.69) is 0 Å². The number of piperidine rings is 1. The van der Waals surface area contributed by atoms with Crippen molar-refractivity contribution in [2.24, 2.45) is 5.92 Å². The minimum Gasteiger partial charge on any atom is -0.393 e. The molecule has 3 nitrogen and oxygen atoms in total. The maximum absolute atomic E-state index is 13.1. The van der Waals surface area contributed by atoms with E-state index in [0.29, 0.717) is 32.4 Å². The van der Waals surface area contributed by atoms with E-state index in [-0.39, 0.29) is 23.7 Å². The van der Waals surface area contributed by atoms with Crippen LogP contribution < -0.4 is 0 Å². The van der Waals surface area contributed by atoms with Gasteiger partial charge in [0.2, 0.25) is 5.91 Å². The summed E-state index contributed by atoms with van der Waals surface area (Å²) in [5, 5.41) is 9.45. The van der Waals surface area contributed by atoms with Gasteiger partial charge in [-0.2, -0.15) is 0 Å². The molecular weight excluding hydrogens is 257 g/mol. The van der Waals surface area contributed by atoms with Gasteiger partial charge >= 0.3 is 0 Å². The number of nitrogens with zero attached hydrogens (tertiary/aromatic N) is 1. The first-order chi connectivity index (χ1) is 9.56. The number of halogens is 1. The van der Waals surface area contributed by atoms with Gasteiger partial charge in [-0.05, 0) is 43.4 Å². The molecule has 0 aliphatic carbocycles. The van der Waals surface area contributed by atoms with Gasteiger partial charge in [-0.3, -0.25) is 4.79 Å². The first kappa shape index (κ1) is 15.0. The molecule has 1 amide bonds. The maximum atomic E-state index is 13.1. The van der Waals surface area contributed by atoms with E-state index in [1.54, 1.807) is 6.07 Å². The number of aliphatic hydroxyl groups excluding tert-OH is 1. The number of aryl methyl sites for hydroxylation is 1. The van der Waals surface area contributed by atoms with Crippen LogP contribution in [0.4, 0.5) is 4.39 Å². The largest absolute Gasteiger partial charge is 0.393 e. The number of hydrogen-bond acceptors (Lipinski definition) is 2. The maximum Gasteiger partial charge on any atom is 0.225 e. The second-order valence-corrected chi connectivity index (χ2v) is 5.63. The highest BCUT2D eigenvalue weighted by atomic mass is 19.1. The average Bonchev–Trinajstić information content (AvgIpc) is 2.45. The highest BCUT2D eigenvalue weighted by Crippen LogP contribution is 2.17. The topological polar surface area (TPSA) is 40.5 Å². The van der Waals surface area contributed by atoms with E-state index < -0.39 is 0 Å². The molecule has 0 spiro atoms. The van der Waals surface area contributed by atoms with Crippen molar-refractivity contribution in [3.05, 3.63) is 35.6 Å². The average molecular weight is 279 g/mol. The van der Waals surface area contributed by atoms with Crippen LogP contribution in [-0.4, -0.2) is 35.1 Å². The summed E-state index contributed by atoms with van der Waals surface area (Å²) in [7, 11) is 0. The summed E-state index contributed by atoms with van der Waals surface area (Å²) in [6.07, 6.45) is 2.51. The lowest BCUT2D eigenvalue weighted by molar-refractivity contribution is -0.137. The van der Waals surface area contributed by atoms with Crippen molar-refractivity contribution >= 4 is 5.91 Å². The van der Waals surface area contributed by atoms with Crippen LogP contribution in [0, 0.1) is 11.7 Å². The standard InChI is InChI=1S/C16H22FNO2/c1-12(5-6-13-3-2-4-14(17)11-13)16(20)18-9-7-15(19)8-10-18/h2-4,11-12,15,19H,5-10H2,1H3. The summed E-state index contributed by atoms with van der Waals surface area (Å²) in [5.41, 5.74) is 0.929. The van der Waals surface area contributed by atoms with E-state index in [9.17, 15) is 14.3 Å². The molecule has 0 radical (unpaired) electrons. The van der Waals surface area contributed by atoms with Crippen LogP contribution in [-0.2, 0) is 11.2 Å². The Morgan fingerprint density at radius 3 is 2.80 bits per heavy atom. The third kappa shape index (κ3) is 4.04. The summed E-state index contributed by atoms with van der Waals surface area (Å²) < 4.78 is 13.1. The van der Waals surface area contributed by atoms with E-state index in [1.165, 1.54) is 12.1 Å². The summed E-state index contributed by atoms with van der Waals surface area (Å²) in [6, 6.07) is 6.53. The zero-order chi connectivity index (χ0) is 14.5. The van der Waals surface area contributed by atoms with Crippen LogP contribution in [0.2, 0.25) is 0 Å². The Bertz CT molecular complexity index is 456. The molecule has 4 heteroatoms. The van der Waals surface area contributed by atoms with Crippen LogP contribution in [0.15, 0.2) is 24.3 Å². The molecule has 1 aromatic carbocycles. The summed E-state index contributed by atoms with van der Waals surface area (Å²) >= 11 is 0. The molecule has 1 aromatic rings. The molecule has 1 saturated heterocycles.